The molecule has 0 fully saturated rings. The summed E-state index contributed by atoms with van der Waals surface area (Å²) in [5.41, 5.74) is -0.117. The molecule has 2 aromatic carbocycles. The van der Waals surface area contributed by atoms with Gasteiger partial charge in [-0.25, -0.2) is 13.2 Å². The lowest BCUT2D eigenvalue weighted by Gasteiger charge is -2.10. The van der Waals surface area contributed by atoms with E-state index in [1.807, 2.05) is 0 Å². The molecule has 26 heavy (non-hydrogen) atoms. The van der Waals surface area contributed by atoms with Crippen LogP contribution in [0.4, 0.5) is 0 Å². The van der Waals surface area contributed by atoms with Crippen LogP contribution in [0.5, 0.6) is 0 Å². The van der Waals surface area contributed by atoms with E-state index in [4.69, 9.17) is 4.74 Å². The number of carbonyl (C=O) groups is 1. The lowest BCUT2D eigenvalue weighted by atomic mass is 10.2. The van der Waals surface area contributed by atoms with Gasteiger partial charge in [0.05, 0.1) is 21.6 Å². The normalized spacial score (nSPS) is 11.4. The zero-order valence-electron chi connectivity index (χ0n) is 13.8. The molecule has 0 bridgehead atoms. The fourth-order valence-corrected chi connectivity index (χ4v) is 3.45. The number of ether oxygens (including phenoxy) is 1. The fraction of sp³-hybridized carbons (Fsp3) is 0.176. The molecule has 9 heteroatoms. The maximum atomic E-state index is 12.3. The van der Waals surface area contributed by atoms with E-state index in [1.54, 1.807) is 24.3 Å². The monoisotopic (exact) mass is 373 g/mol. The Morgan fingerprint density at radius 1 is 1.12 bits per heavy atom. The number of fused-ring (bicyclic) bond motifs is 1. The number of esters is 1. The predicted octanol–water partition coefficient (Wildman–Crippen LogP) is 1.40. The van der Waals surface area contributed by atoms with Gasteiger partial charge in [-0.3, -0.25) is 4.79 Å². The van der Waals surface area contributed by atoms with Crippen molar-refractivity contribution in [1.82, 2.24) is 15.0 Å². The summed E-state index contributed by atoms with van der Waals surface area (Å²) in [7, 11) is -3.59. The molecule has 0 unspecified atom stereocenters. The van der Waals surface area contributed by atoms with Crippen molar-refractivity contribution in [2.45, 2.75) is 18.6 Å². The van der Waals surface area contributed by atoms with E-state index < -0.39 is 28.1 Å². The summed E-state index contributed by atoms with van der Waals surface area (Å²) in [6, 6.07) is 12.4. The quantitative estimate of drug-likeness (QED) is 0.622. The zero-order chi connectivity index (χ0) is 18.7. The largest absolute Gasteiger partial charge is 0.439 e. The van der Waals surface area contributed by atoms with Crippen molar-refractivity contribution >= 4 is 26.7 Å². The Balaban J connectivity index is 1.87. The second-order valence-electron chi connectivity index (χ2n) is 5.37. The number of rotatable bonds is 5. The summed E-state index contributed by atoms with van der Waals surface area (Å²) >= 11 is 0. The van der Waals surface area contributed by atoms with Crippen molar-refractivity contribution in [3.05, 3.63) is 64.4 Å². The third-order valence-corrected chi connectivity index (χ3v) is 5.56. The molecule has 8 nitrogen and oxygen atoms in total. The lowest BCUT2D eigenvalue weighted by molar-refractivity contribution is 0.0331. The molecule has 0 amide bonds. The highest BCUT2D eigenvalue weighted by Crippen LogP contribution is 2.18. The Hall–Kier alpha value is -3.07. The minimum absolute atomic E-state index is 0.0869. The van der Waals surface area contributed by atoms with Crippen molar-refractivity contribution in [2.24, 2.45) is 0 Å². The van der Waals surface area contributed by atoms with Crippen molar-refractivity contribution in [3.63, 3.8) is 0 Å². The van der Waals surface area contributed by atoms with E-state index in [-0.39, 0.29) is 16.2 Å². The molecule has 1 aromatic heterocycles. The van der Waals surface area contributed by atoms with E-state index in [9.17, 15) is 18.0 Å². The van der Waals surface area contributed by atoms with Gasteiger partial charge < -0.3 is 4.74 Å². The van der Waals surface area contributed by atoms with Crippen LogP contribution in [-0.4, -0.2) is 35.1 Å². The molecule has 0 aliphatic rings. The molecule has 0 N–H and O–H groups in total. The number of sulfone groups is 1. The van der Waals surface area contributed by atoms with Gasteiger partial charge >= 0.3 is 5.97 Å². The number of carbonyl (C=O) groups excluding carboxylic acids is 1. The van der Waals surface area contributed by atoms with Gasteiger partial charge in [-0.1, -0.05) is 36.4 Å². The molecule has 3 rings (SSSR count). The summed E-state index contributed by atoms with van der Waals surface area (Å²) in [6.45, 7) is 1.01. The molecule has 0 atom stereocenters. The average molecular weight is 373 g/mol. The van der Waals surface area contributed by atoms with E-state index in [0.717, 1.165) is 4.68 Å². The van der Waals surface area contributed by atoms with Crippen LogP contribution in [0.2, 0.25) is 0 Å². The van der Waals surface area contributed by atoms with Gasteiger partial charge in [0.2, 0.25) is 0 Å². The second-order valence-corrected chi connectivity index (χ2v) is 7.62. The third-order valence-electron chi connectivity index (χ3n) is 3.77. The van der Waals surface area contributed by atoms with E-state index in [0.29, 0.717) is 10.9 Å². The summed E-state index contributed by atoms with van der Waals surface area (Å²) in [5.74, 6) is -1.01. The number of nitrogens with zero attached hydrogens (tertiary/aromatic N) is 3. The number of hydrogen-bond acceptors (Lipinski definition) is 7. The highest BCUT2D eigenvalue weighted by molar-refractivity contribution is 7.91. The van der Waals surface area contributed by atoms with Crippen LogP contribution in [0.1, 0.15) is 17.3 Å². The Morgan fingerprint density at radius 3 is 2.58 bits per heavy atom. The Labute approximate surface area is 148 Å². The van der Waals surface area contributed by atoms with Crippen LogP contribution in [0.25, 0.3) is 10.9 Å². The summed E-state index contributed by atoms with van der Waals surface area (Å²) < 4.78 is 30.2. The highest BCUT2D eigenvalue weighted by Gasteiger charge is 2.21. The molecule has 0 saturated carbocycles. The van der Waals surface area contributed by atoms with Gasteiger partial charge in [0, 0.05) is 0 Å². The zero-order valence-corrected chi connectivity index (χ0v) is 14.6. The smallest absolute Gasteiger partial charge is 0.341 e. The van der Waals surface area contributed by atoms with Crippen LogP contribution in [-0.2, 0) is 21.3 Å². The van der Waals surface area contributed by atoms with Gasteiger partial charge in [-0.15, -0.1) is 5.10 Å². The second kappa shape index (κ2) is 7.04. The van der Waals surface area contributed by atoms with Crippen molar-refractivity contribution in [2.75, 3.05) is 5.75 Å². The number of aromatic nitrogens is 3. The van der Waals surface area contributed by atoms with Gasteiger partial charge in [0.1, 0.15) is 5.52 Å². The van der Waals surface area contributed by atoms with Crippen molar-refractivity contribution in [1.29, 1.82) is 0 Å². The van der Waals surface area contributed by atoms with Crippen LogP contribution in [0.15, 0.2) is 58.2 Å². The van der Waals surface area contributed by atoms with Crippen LogP contribution < -0.4 is 5.56 Å². The SMILES string of the molecule is CCS(=O)(=O)c1ccccc1C(=O)OCn1nnc2ccccc2c1=O. The van der Waals surface area contributed by atoms with E-state index in [2.05, 4.69) is 10.3 Å². The molecular weight excluding hydrogens is 358 g/mol. The maximum Gasteiger partial charge on any atom is 0.341 e. The van der Waals surface area contributed by atoms with Crippen molar-refractivity contribution in [3.8, 4) is 0 Å². The van der Waals surface area contributed by atoms with Gasteiger partial charge in [0.25, 0.3) is 5.56 Å². The predicted molar refractivity (Wildman–Crippen MR) is 93.4 cm³/mol. The first kappa shape index (κ1) is 17.7. The van der Waals surface area contributed by atoms with Crippen LogP contribution in [0, 0.1) is 0 Å². The van der Waals surface area contributed by atoms with E-state index >= 15 is 0 Å². The Morgan fingerprint density at radius 2 is 1.81 bits per heavy atom. The van der Waals surface area contributed by atoms with Crippen LogP contribution in [0.3, 0.4) is 0 Å². The first-order valence-corrected chi connectivity index (χ1v) is 9.40. The molecule has 3 aromatic rings. The first-order valence-electron chi connectivity index (χ1n) is 7.75. The highest BCUT2D eigenvalue weighted by atomic mass is 32.2. The third kappa shape index (κ3) is 3.33. The Kier molecular flexibility index (Phi) is 4.81. The standard InChI is InChI=1S/C17H15N3O5S/c1-2-26(23,24)15-10-6-4-8-13(15)17(22)25-11-20-16(21)12-7-3-5-9-14(12)18-19-20/h3-10H,2,11H2,1H3. The van der Waals surface area contributed by atoms with Crippen LogP contribution >= 0.6 is 0 Å². The summed E-state index contributed by atoms with van der Waals surface area (Å²) in [5, 5.41) is 7.95. The average Bonchev–Trinajstić information content (AvgIpc) is 2.67. The molecule has 0 spiro atoms. The maximum absolute atomic E-state index is 12.3. The molecular formula is C17H15N3O5S. The molecule has 0 radical (unpaired) electrons. The first-order chi connectivity index (χ1) is 12.4. The minimum atomic E-state index is -3.59. The fourth-order valence-electron chi connectivity index (χ4n) is 2.37. The minimum Gasteiger partial charge on any atom is -0.439 e. The van der Waals surface area contributed by atoms with Gasteiger partial charge in [0.15, 0.2) is 16.6 Å². The van der Waals surface area contributed by atoms with E-state index in [1.165, 1.54) is 31.2 Å². The van der Waals surface area contributed by atoms with Gasteiger partial charge in [-0.2, -0.15) is 4.68 Å². The summed E-state index contributed by atoms with van der Waals surface area (Å²) in [4.78, 5) is 24.5. The molecule has 0 saturated heterocycles. The topological polar surface area (TPSA) is 108 Å². The molecule has 0 aliphatic heterocycles. The number of hydrogen-bond donors (Lipinski definition) is 0. The lowest BCUT2D eigenvalue weighted by Crippen LogP contribution is -2.27. The molecule has 1 heterocycles. The van der Waals surface area contributed by atoms with Gasteiger partial charge in [-0.05, 0) is 24.3 Å². The number of benzene rings is 2. The Bertz CT molecular complexity index is 1140. The summed E-state index contributed by atoms with van der Waals surface area (Å²) in [6.07, 6.45) is 0. The molecule has 134 valence electrons. The molecule has 0 aliphatic carbocycles. The van der Waals surface area contributed by atoms with Crippen molar-refractivity contribution < 1.29 is 17.9 Å².